The average molecular weight is 291 g/mol. The highest BCUT2D eigenvalue weighted by atomic mass is 16.5. The van der Waals surface area contributed by atoms with Crippen LogP contribution in [0, 0.1) is 0 Å². The third kappa shape index (κ3) is 5.73. The molecule has 2 amide bonds. The third-order valence-corrected chi connectivity index (χ3v) is 3.71. The van der Waals surface area contributed by atoms with Crippen molar-refractivity contribution in [1.82, 2.24) is 5.32 Å². The molecule has 1 fully saturated rings. The molecule has 0 radical (unpaired) electrons. The summed E-state index contributed by atoms with van der Waals surface area (Å²) in [6.45, 7) is 2.12. The predicted octanol–water partition coefficient (Wildman–Crippen LogP) is 2.62. The molecule has 0 aliphatic carbocycles. The maximum atomic E-state index is 11.7. The first-order valence-corrected chi connectivity index (χ1v) is 7.73. The molecular formula is C16H25N3O2. The van der Waals surface area contributed by atoms with Gasteiger partial charge in [-0.1, -0.05) is 12.1 Å². The van der Waals surface area contributed by atoms with Crippen molar-refractivity contribution < 1.29 is 9.53 Å². The standard InChI is InChI=1S/C16H25N3O2/c17-12-13-6-8-14(9-7-13)19-16(20)18-10-2-1-4-15-5-3-11-21-15/h6-9,15H,1-5,10-12,17H2,(H2,18,19,20)/t15-/m0/s1. The van der Waals surface area contributed by atoms with Crippen molar-refractivity contribution >= 4 is 11.7 Å². The number of nitrogens with two attached hydrogens (primary N) is 1. The Morgan fingerprint density at radius 3 is 2.76 bits per heavy atom. The molecule has 1 aliphatic rings. The van der Waals surface area contributed by atoms with E-state index in [4.69, 9.17) is 10.5 Å². The number of nitrogens with one attached hydrogen (secondary N) is 2. The van der Waals surface area contributed by atoms with Gasteiger partial charge >= 0.3 is 6.03 Å². The maximum absolute atomic E-state index is 11.7. The largest absolute Gasteiger partial charge is 0.378 e. The second-order valence-corrected chi connectivity index (χ2v) is 5.41. The summed E-state index contributed by atoms with van der Waals surface area (Å²) in [5, 5.41) is 5.68. The molecule has 1 aromatic carbocycles. The topological polar surface area (TPSA) is 76.4 Å². The number of rotatable bonds is 7. The van der Waals surface area contributed by atoms with Crippen molar-refractivity contribution in [2.45, 2.75) is 44.8 Å². The molecule has 1 aromatic rings. The lowest BCUT2D eigenvalue weighted by Crippen LogP contribution is -2.29. The summed E-state index contributed by atoms with van der Waals surface area (Å²) in [4.78, 5) is 11.7. The zero-order valence-electron chi connectivity index (χ0n) is 12.4. The Bertz CT molecular complexity index is 428. The molecule has 0 spiro atoms. The quantitative estimate of drug-likeness (QED) is 0.676. The highest BCUT2D eigenvalue weighted by molar-refractivity contribution is 5.89. The minimum Gasteiger partial charge on any atom is -0.378 e. The first-order valence-electron chi connectivity index (χ1n) is 7.73. The summed E-state index contributed by atoms with van der Waals surface area (Å²) in [7, 11) is 0. The monoisotopic (exact) mass is 291 g/mol. The lowest BCUT2D eigenvalue weighted by molar-refractivity contribution is 0.102. The Hall–Kier alpha value is -1.59. The highest BCUT2D eigenvalue weighted by Crippen LogP contribution is 2.17. The van der Waals surface area contributed by atoms with Crippen LogP contribution in [-0.2, 0) is 11.3 Å². The van der Waals surface area contributed by atoms with E-state index in [9.17, 15) is 4.79 Å². The molecule has 5 nitrogen and oxygen atoms in total. The van der Waals surface area contributed by atoms with Crippen molar-refractivity contribution in [3.8, 4) is 0 Å². The Labute approximate surface area is 126 Å². The van der Waals surface area contributed by atoms with Gasteiger partial charge < -0.3 is 21.1 Å². The molecule has 1 aliphatic heterocycles. The number of ether oxygens (including phenoxy) is 1. The van der Waals surface area contributed by atoms with E-state index in [1.165, 1.54) is 12.8 Å². The molecule has 116 valence electrons. The van der Waals surface area contributed by atoms with Gasteiger partial charge in [-0.25, -0.2) is 4.79 Å². The number of hydrogen-bond acceptors (Lipinski definition) is 3. The van der Waals surface area contributed by atoms with Crippen LogP contribution in [0.25, 0.3) is 0 Å². The van der Waals surface area contributed by atoms with Gasteiger partial charge in [0.25, 0.3) is 0 Å². The van der Waals surface area contributed by atoms with Crippen molar-refractivity contribution in [3.63, 3.8) is 0 Å². The summed E-state index contributed by atoms with van der Waals surface area (Å²) in [6.07, 6.45) is 6.00. The van der Waals surface area contributed by atoms with Crippen LogP contribution in [0.5, 0.6) is 0 Å². The summed E-state index contributed by atoms with van der Waals surface area (Å²) in [5.41, 5.74) is 7.36. The zero-order valence-corrected chi connectivity index (χ0v) is 12.4. The number of amides is 2. The highest BCUT2D eigenvalue weighted by Gasteiger charge is 2.14. The predicted molar refractivity (Wildman–Crippen MR) is 84.2 cm³/mol. The fourth-order valence-electron chi connectivity index (χ4n) is 2.47. The second kappa shape index (κ2) is 8.64. The van der Waals surface area contributed by atoms with E-state index in [0.717, 1.165) is 37.1 Å². The van der Waals surface area contributed by atoms with Crippen LogP contribution in [0.4, 0.5) is 10.5 Å². The van der Waals surface area contributed by atoms with E-state index < -0.39 is 0 Å². The van der Waals surface area contributed by atoms with Crippen molar-refractivity contribution in [3.05, 3.63) is 29.8 Å². The van der Waals surface area contributed by atoms with Crippen LogP contribution in [0.3, 0.4) is 0 Å². The van der Waals surface area contributed by atoms with Crippen molar-refractivity contribution in [2.75, 3.05) is 18.5 Å². The van der Waals surface area contributed by atoms with Gasteiger partial charge in [0.2, 0.25) is 0 Å². The van der Waals surface area contributed by atoms with Crippen LogP contribution in [0.2, 0.25) is 0 Å². The van der Waals surface area contributed by atoms with Gasteiger partial charge in [0.1, 0.15) is 0 Å². The lowest BCUT2D eigenvalue weighted by atomic mass is 10.1. The second-order valence-electron chi connectivity index (χ2n) is 5.41. The molecule has 0 unspecified atom stereocenters. The Morgan fingerprint density at radius 2 is 2.10 bits per heavy atom. The molecule has 5 heteroatoms. The van der Waals surface area contributed by atoms with Gasteiger partial charge in [-0.2, -0.15) is 0 Å². The minimum absolute atomic E-state index is 0.160. The van der Waals surface area contributed by atoms with Crippen LogP contribution in [0.1, 0.15) is 37.7 Å². The molecule has 0 aromatic heterocycles. The SMILES string of the molecule is NCc1ccc(NC(=O)NCCCC[C@H]2CCCO2)cc1. The number of benzene rings is 1. The van der Waals surface area contributed by atoms with Gasteiger partial charge in [-0.15, -0.1) is 0 Å². The van der Waals surface area contributed by atoms with Gasteiger partial charge in [0, 0.05) is 25.4 Å². The van der Waals surface area contributed by atoms with E-state index in [0.29, 0.717) is 19.2 Å². The normalized spacial score (nSPS) is 17.7. The number of unbranched alkanes of at least 4 members (excludes halogenated alkanes) is 1. The minimum atomic E-state index is -0.160. The Morgan fingerprint density at radius 1 is 1.29 bits per heavy atom. The fraction of sp³-hybridized carbons (Fsp3) is 0.562. The summed E-state index contributed by atoms with van der Waals surface area (Å²) < 4.78 is 5.57. The van der Waals surface area contributed by atoms with Crippen LogP contribution in [-0.4, -0.2) is 25.3 Å². The molecule has 1 saturated heterocycles. The molecule has 0 bridgehead atoms. The number of carbonyl (C=O) groups is 1. The van der Waals surface area contributed by atoms with Gasteiger partial charge in [0.05, 0.1) is 6.10 Å². The summed E-state index contributed by atoms with van der Waals surface area (Å²) >= 11 is 0. The van der Waals surface area contributed by atoms with Crippen LogP contribution >= 0.6 is 0 Å². The summed E-state index contributed by atoms with van der Waals surface area (Å²) in [6, 6.07) is 7.39. The van der Waals surface area contributed by atoms with E-state index in [2.05, 4.69) is 10.6 Å². The van der Waals surface area contributed by atoms with E-state index >= 15 is 0 Å². The van der Waals surface area contributed by atoms with Gasteiger partial charge in [-0.3, -0.25) is 0 Å². The number of anilines is 1. The molecule has 1 heterocycles. The molecular weight excluding hydrogens is 266 g/mol. The average Bonchev–Trinajstić information content (AvgIpc) is 3.01. The molecule has 0 saturated carbocycles. The fourth-order valence-corrected chi connectivity index (χ4v) is 2.47. The molecule has 1 atom stereocenters. The van der Waals surface area contributed by atoms with E-state index in [1.807, 2.05) is 24.3 Å². The first-order chi connectivity index (χ1) is 10.3. The van der Waals surface area contributed by atoms with E-state index in [1.54, 1.807) is 0 Å². The lowest BCUT2D eigenvalue weighted by Gasteiger charge is -2.10. The first kappa shape index (κ1) is 15.8. The number of hydrogen-bond donors (Lipinski definition) is 3. The van der Waals surface area contributed by atoms with Crippen LogP contribution < -0.4 is 16.4 Å². The van der Waals surface area contributed by atoms with Crippen molar-refractivity contribution in [2.24, 2.45) is 5.73 Å². The number of carbonyl (C=O) groups excluding carboxylic acids is 1. The van der Waals surface area contributed by atoms with Gasteiger partial charge in [0.15, 0.2) is 0 Å². The zero-order chi connectivity index (χ0) is 14.9. The maximum Gasteiger partial charge on any atom is 0.319 e. The molecule has 2 rings (SSSR count). The molecule has 21 heavy (non-hydrogen) atoms. The van der Waals surface area contributed by atoms with Gasteiger partial charge in [-0.05, 0) is 49.8 Å². The van der Waals surface area contributed by atoms with Crippen molar-refractivity contribution in [1.29, 1.82) is 0 Å². The Kier molecular flexibility index (Phi) is 6.50. The summed E-state index contributed by atoms with van der Waals surface area (Å²) in [5.74, 6) is 0. The van der Waals surface area contributed by atoms with E-state index in [-0.39, 0.29) is 6.03 Å². The van der Waals surface area contributed by atoms with Crippen LogP contribution in [0.15, 0.2) is 24.3 Å². The third-order valence-electron chi connectivity index (χ3n) is 3.71. The Balaban J connectivity index is 1.56. The molecule has 4 N–H and O–H groups in total. The smallest absolute Gasteiger partial charge is 0.319 e. The number of urea groups is 1.